The third-order valence-electron chi connectivity index (χ3n) is 2.99. The molecule has 0 aromatic heterocycles. The van der Waals surface area contributed by atoms with Crippen LogP contribution in [0.5, 0.6) is 0 Å². The van der Waals surface area contributed by atoms with Crippen LogP contribution in [0.2, 0.25) is 5.02 Å². The first-order chi connectivity index (χ1) is 8.84. The lowest BCUT2D eigenvalue weighted by molar-refractivity contribution is 0.718. The molecule has 0 saturated carbocycles. The van der Waals surface area contributed by atoms with E-state index in [1.807, 2.05) is 42.6 Å². The molecule has 1 atom stereocenters. The quantitative estimate of drug-likeness (QED) is 0.876. The van der Waals surface area contributed by atoms with Crippen LogP contribution in [0.15, 0.2) is 66.9 Å². The summed E-state index contributed by atoms with van der Waals surface area (Å²) in [5.74, 6) is 0. The standard InChI is InChI=1S/C15H13ClN2/c16-13-6-4-5-12(11-13)15-9-10-17-18(15)14-7-2-1-3-8-14/h1-11,15,17H. The Morgan fingerprint density at radius 3 is 2.61 bits per heavy atom. The van der Waals surface area contributed by atoms with Crippen LogP contribution in [0.25, 0.3) is 0 Å². The Morgan fingerprint density at radius 2 is 1.83 bits per heavy atom. The summed E-state index contributed by atoms with van der Waals surface area (Å²) in [7, 11) is 0. The fraction of sp³-hybridized carbons (Fsp3) is 0.0667. The van der Waals surface area contributed by atoms with E-state index in [9.17, 15) is 0 Å². The maximum atomic E-state index is 6.05. The van der Waals surface area contributed by atoms with Gasteiger partial charge in [0, 0.05) is 11.2 Å². The average molecular weight is 257 g/mol. The fourth-order valence-electron chi connectivity index (χ4n) is 2.16. The van der Waals surface area contributed by atoms with Crippen LogP contribution < -0.4 is 10.4 Å². The van der Waals surface area contributed by atoms with Gasteiger partial charge in [-0.2, -0.15) is 0 Å². The van der Waals surface area contributed by atoms with E-state index in [1.165, 1.54) is 5.56 Å². The first-order valence-corrected chi connectivity index (χ1v) is 6.25. The molecular formula is C15H13ClN2. The van der Waals surface area contributed by atoms with Gasteiger partial charge in [-0.25, -0.2) is 0 Å². The second-order valence-electron chi connectivity index (χ2n) is 4.19. The number of nitrogens with one attached hydrogen (secondary N) is 1. The van der Waals surface area contributed by atoms with E-state index in [0.29, 0.717) is 0 Å². The number of hydrogen-bond donors (Lipinski definition) is 1. The van der Waals surface area contributed by atoms with Gasteiger partial charge in [0.1, 0.15) is 0 Å². The second-order valence-corrected chi connectivity index (χ2v) is 4.63. The summed E-state index contributed by atoms with van der Waals surface area (Å²) in [6.45, 7) is 0. The number of rotatable bonds is 2. The van der Waals surface area contributed by atoms with Gasteiger partial charge in [0.25, 0.3) is 0 Å². The highest BCUT2D eigenvalue weighted by Gasteiger charge is 2.21. The summed E-state index contributed by atoms with van der Waals surface area (Å²) >= 11 is 6.05. The molecule has 0 fully saturated rings. The van der Waals surface area contributed by atoms with Gasteiger partial charge in [-0.3, -0.25) is 5.01 Å². The fourth-order valence-corrected chi connectivity index (χ4v) is 2.35. The van der Waals surface area contributed by atoms with E-state index in [2.05, 4.69) is 34.7 Å². The van der Waals surface area contributed by atoms with Crippen LogP contribution in [0, 0.1) is 0 Å². The van der Waals surface area contributed by atoms with Crippen molar-refractivity contribution in [1.82, 2.24) is 5.43 Å². The number of benzene rings is 2. The molecule has 0 aliphatic carbocycles. The summed E-state index contributed by atoms with van der Waals surface area (Å²) in [5, 5.41) is 2.88. The second kappa shape index (κ2) is 4.75. The van der Waals surface area contributed by atoms with Gasteiger partial charge < -0.3 is 5.43 Å². The van der Waals surface area contributed by atoms with Crippen molar-refractivity contribution < 1.29 is 0 Å². The zero-order valence-corrected chi connectivity index (χ0v) is 10.5. The molecule has 2 aromatic rings. The molecule has 2 aromatic carbocycles. The Balaban J connectivity index is 1.94. The van der Waals surface area contributed by atoms with Crippen LogP contribution in [-0.2, 0) is 0 Å². The minimum atomic E-state index is 0.172. The number of anilines is 1. The van der Waals surface area contributed by atoms with E-state index in [1.54, 1.807) is 0 Å². The highest BCUT2D eigenvalue weighted by atomic mass is 35.5. The van der Waals surface area contributed by atoms with Crippen LogP contribution in [0.4, 0.5) is 5.69 Å². The Labute approximate surface area is 111 Å². The summed E-state index contributed by atoms with van der Waals surface area (Å²) in [4.78, 5) is 0. The smallest absolute Gasteiger partial charge is 0.0952 e. The maximum absolute atomic E-state index is 6.05. The lowest BCUT2D eigenvalue weighted by atomic mass is 10.1. The SMILES string of the molecule is Clc1cccc(C2C=CNN2c2ccccc2)c1. The predicted octanol–water partition coefficient (Wildman–Crippen LogP) is 3.92. The molecule has 18 heavy (non-hydrogen) atoms. The van der Waals surface area contributed by atoms with E-state index in [0.717, 1.165) is 10.7 Å². The molecular weight excluding hydrogens is 244 g/mol. The van der Waals surface area contributed by atoms with Gasteiger partial charge in [-0.1, -0.05) is 41.9 Å². The largest absolute Gasteiger partial charge is 0.305 e. The number of nitrogens with zero attached hydrogens (tertiary/aromatic N) is 1. The van der Waals surface area contributed by atoms with Crippen LogP contribution in [0.1, 0.15) is 11.6 Å². The number of hydrogen-bond acceptors (Lipinski definition) is 2. The van der Waals surface area contributed by atoms with Gasteiger partial charge in [0.15, 0.2) is 0 Å². The number of halogens is 1. The van der Waals surface area contributed by atoms with Crippen molar-refractivity contribution in [2.24, 2.45) is 0 Å². The Kier molecular flexibility index (Phi) is 2.95. The molecule has 3 heteroatoms. The van der Waals surface area contributed by atoms with Gasteiger partial charge >= 0.3 is 0 Å². The molecule has 2 nitrogen and oxygen atoms in total. The molecule has 90 valence electrons. The minimum Gasteiger partial charge on any atom is -0.305 e. The summed E-state index contributed by atoms with van der Waals surface area (Å²) in [6.07, 6.45) is 4.08. The number of hydrazine groups is 1. The minimum absolute atomic E-state index is 0.172. The topological polar surface area (TPSA) is 15.3 Å². The van der Waals surface area contributed by atoms with Crippen molar-refractivity contribution >= 4 is 17.3 Å². The highest BCUT2D eigenvalue weighted by molar-refractivity contribution is 6.30. The van der Waals surface area contributed by atoms with E-state index in [-0.39, 0.29) is 6.04 Å². The van der Waals surface area contributed by atoms with Crippen molar-refractivity contribution in [3.8, 4) is 0 Å². The summed E-state index contributed by atoms with van der Waals surface area (Å²) in [6, 6.07) is 18.4. The Hall–Kier alpha value is -1.93. The van der Waals surface area contributed by atoms with E-state index in [4.69, 9.17) is 11.6 Å². The molecule has 0 radical (unpaired) electrons. The molecule has 1 unspecified atom stereocenters. The lowest BCUT2D eigenvalue weighted by Gasteiger charge is -2.27. The van der Waals surface area contributed by atoms with Crippen molar-refractivity contribution in [3.05, 3.63) is 77.5 Å². The van der Waals surface area contributed by atoms with Crippen molar-refractivity contribution in [2.75, 3.05) is 5.01 Å². The number of para-hydroxylation sites is 1. The molecule has 0 amide bonds. The van der Waals surface area contributed by atoms with Crippen molar-refractivity contribution in [1.29, 1.82) is 0 Å². The zero-order chi connectivity index (χ0) is 12.4. The molecule has 1 N–H and O–H groups in total. The van der Waals surface area contributed by atoms with Crippen molar-refractivity contribution in [2.45, 2.75) is 6.04 Å². The van der Waals surface area contributed by atoms with Gasteiger partial charge in [0.05, 0.1) is 11.7 Å². The zero-order valence-electron chi connectivity index (χ0n) is 9.75. The summed E-state index contributed by atoms with van der Waals surface area (Å²) < 4.78 is 0. The highest BCUT2D eigenvalue weighted by Crippen LogP contribution is 2.30. The lowest BCUT2D eigenvalue weighted by Crippen LogP contribution is -2.32. The van der Waals surface area contributed by atoms with E-state index >= 15 is 0 Å². The third kappa shape index (κ3) is 2.07. The van der Waals surface area contributed by atoms with Crippen LogP contribution in [-0.4, -0.2) is 0 Å². The molecule has 1 aliphatic rings. The van der Waals surface area contributed by atoms with E-state index < -0.39 is 0 Å². The van der Waals surface area contributed by atoms with Gasteiger partial charge in [-0.15, -0.1) is 0 Å². The molecule has 0 spiro atoms. The molecule has 0 saturated heterocycles. The normalized spacial score (nSPS) is 17.8. The van der Waals surface area contributed by atoms with Crippen LogP contribution >= 0.6 is 11.6 Å². The summed E-state index contributed by atoms with van der Waals surface area (Å²) in [5.41, 5.74) is 5.56. The van der Waals surface area contributed by atoms with Crippen LogP contribution in [0.3, 0.4) is 0 Å². The predicted molar refractivity (Wildman–Crippen MR) is 75.4 cm³/mol. The molecule has 1 aliphatic heterocycles. The third-order valence-corrected chi connectivity index (χ3v) is 3.23. The monoisotopic (exact) mass is 256 g/mol. The van der Waals surface area contributed by atoms with Gasteiger partial charge in [0.2, 0.25) is 0 Å². The maximum Gasteiger partial charge on any atom is 0.0952 e. The first kappa shape index (κ1) is 11.2. The molecule has 3 rings (SSSR count). The molecule has 0 bridgehead atoms. The average Bonchev–Trinajstić information content (AvgIpc) is 2.89. The Bertz CT molecular complexity index is 566. The van der Waals surface area contributed by atoms with Gasteiger partial charge in [-0.05, 0) is 35.9 Å². The van der Waals surface area contributed by atoms with Crippen molar-refractivity contribution in [3.63, 3.8) is 0 Å². The Morgan fingerprint density at radius 1 is 1.00 bits per heavy atom. The molecule has 1 heterocycles. The first-order valence-electron chi connectivity index (χ1n) is 5.87.